The highest BCUT2D eigenvalue weighted by atomic mass is 35.5. The number of benzene rings is 1. The minimum atomic E-state index is -4.12. The largest absolute Gasteiger partial charge is 0.468 e. The van der Waals surface area contributed by atoms with Gasteiger partial charge in [-0.1, -0.05) is 11.6 Å². The third-order valence-electron chi connectivity index (χ3n) is 2.54. The van der Waals surface area contributed by atoms with Crippen LogP contribution in [0.15, 0.2) is 50.8 Å². The summed E-state index contributed by atoms with van der Waals surface area (Å²) >= 11 is 5.70. The Kier molecular flexibility index (Phi) is 4.40. The number of rotatable bonds is 5. The zero-order valence-electron chi connectivity index (χ0n) is 10.5. The van der Waals surface area contributed by atoms with E-state index in [0.717, 1.165) is 12.1 Å². The Balaban J connectivity index is 2.32. The number of sulfonamides is 2. The van der Waals surface area contributed by atoms with Gasteiger partial charge >= 0.3 is 0 Å². The summed E-state index contributed by atoms with van der Waals surface area (Å²) < 4.78 is 54.1. The molecule has 0 spiro atoms. The minimum Gasteiger partial charge on any atom is -0.468 e. The lowest BCUT2D eigenvalue weighted by Crippen LogP contribution is -2.23. The number of primary sulfonamides is 1. The zero-order chi connectivity index (χ0) is 15.7. The van der Waals surface area contributed by atoms with Crippen molar-refractivity contribution in [3.8, 4) is 0 Å². The van der Waals surface area contributed by atoms with Crippen LogP contribution >= 0.6 is 11.6 Å². The Morgan fingerprint density at radius 1 is 1.19 bits per heavy atom. The van der Waals surface area contributed by atoms with Gasteiger partial charge in [-0.2, -0.15) is 0 Å². The van der Waals surface area contributed by atoms with Crippen LogP contribution in [0, 0.1) is 0 Å². The molecule has 0 unspecified atom stereocenters. The standard InChI is InChI=1S/C11H11ClN2O5S2/c12-10-4-3-9(6-11(10)20(13,15)16)21(17,18)14-7-8-2-1-5-19-8/h1-6,14H,7H2,(H2,13,15,16). The van der Waals surface area contributed by atoms with E-state index in [4.69, 9.17) is 21.2 Å². The molecule has 0 amide bonds. The lowest BCUT2D eigenvalue weighted by Gasteiger charge is -2.08. The summed E-state index contributed by atoms with van der Waals surface area (Å²) in [6.45, 7) is -0.0668. The zero-order valence-corrected chi connectivity index (χ0v) is 12.9. The van der Waals surface area contributed by atoms with E-state index in [1.807, 2.05) is 0 Å². The molecule has 0 aliphatic carbocycles. The number of hydrogen-bond acceptors (Lipinski definition) is 5. The fourth-order valence-electron chi connectivity index (χ4n) is 1.53. The van der Waals surface area contributed by atoms with Crippen molar-refractivity contribution in [3.05, 3.63) is 47.4 Å². The molecule has 10 heteroatoms. The Bertz CT molecular complexity index is 845. The molecule has 1 heterocycles. The van der Waals surface area contributed by atoms with Gasteiger partial charge in [0, 0.05) is 0 Å². The van der Waals surface area contributed by atoms with Crippen molar-refractivity contribution >= 4 is 31.6 Å². The maximum atomic E-state index is 12.1. The fraction of sp³-hybridized carbons (Fsp3) is 0.0909. The first kappa shape index (κ1) is 16.0. The molecule has 0 radical (unpaired) electrons. The van der Waals surface area contributed by atoms with Gasteiger partial charge in [-0.25, -0.2) is 26.7 Å². The Morgan fingerprint density at radius 3 is 2.48 bits per heavy atom. The van der Waals surface area contributed by atoms with E-state index in [0.29, 0.717) is 5.76 Å². The molecule has 1 aromatic carbocycles. The van der Waals surface area contributed by atoms with E-state index in [9.17, 15) is 16.8 Å². The van der Waals surface area contributed by atoms with Gasteiger partial charge in [0.2, 0.25) is 20.0 Å². The fourth-order valence-corrected chi connectivity index (χ4v) is 3.70. The smallest absolute Gasteiger partial charge is 0.241 e. The second kappa shape index (κ2) is 5.78. The summed E-state index contributed by atoms with van der Waals surface area (Å²) in [5.74, 6) is 0.416. The summed E-state index contributed by atoms with van der Waals surface area (Å²) in [5.41, 5.74) is 0. The van der Waals surface area contributed by atoms with Gasteiger partial charge in [0.25, 0.3) is 0 Å². The molecule has 21 heavy (non-hydrogen) atoms. The minimum absolute atomic E-state index is 0.0668. The van der Waals surface area contributed by atoms with Crippen LogP contribution in [0.5, 0.6) is 0 Å². The van der Waals surface area contributed by atoms with Crippen molar-refractivity contribution in [2.75, 3.05) is 0 Å². The first-order valence-corrected chi connectivity index (χ1v) is 8.95. The Morgan fingerprint density at radius 2 is 1.90 bits per heavy atom. The molecule has 7 nitrogen and oxygen atoms in total. The predicted octanol–water partition coefficient (Wildman–Crippen LogP) is 1.06. The predicted molar refractivity (Wildman–Crippen MR) is 75.6 cm³/mol. The lowest BCUT2D eigenvalue weighted by molar-refractivity contribution is 0.498. The van der Waals surface area contributed by atoms with Crippen molar-refractivity contribution < 1.29 is 21.3 Å². The summed E-state index contributed by atoms with van der Waals surface area (Å²) in [4.78, 5) is -0.715. The van der Waals surface area contributed by atoms with Crippen molar-refractivity contribution in [1.29, 1.82) is 0 Å². The van der Waals surface area contributed by atoms with Gasteiger partial charge in [-0.15, -0.1) is 0 Å². The van der Waals surface area contributed by atoms with Crippen LogP contribution in [-0.4, -0.2) is 16.8 Å². The van der Waals surface area contributed by atoms with E-state index in [-0.39, 0.29) is 16.5 Å². The van der Waals surface area contributed by atoms with E-state index < -0.39 is 24.9 Å². The van der Waals surface area contributed by atoms with E-state index in [2.05, 4.69) is 4.72 Å². The molecule has 0 aliphatic heterocycles. The second-order valence-corrected chi connectivity index (χ2v) is 7.75. The summed E-state index contributed by atoms with van der Waals surface area (Å²) in [5, 5.41) is 4.83. The lowest BCUT2D eigenvalue weighted by atomic mass is 10.4. The van der Waals surface area contributed by atoms with Crippen molar-refractivity contribution in [2.45, 2.75) is 16.3 Å². The molecule has 114 valence electrons. The first-order valence-electron chi connectivity index (χ1n) is 5.54. The molecule has 0 aliphatic rings. The molecule has 2 rings (SSSR count). The van der Waals surface area contributed by atoms with Gasteiger partial charge in [0.05, 0.1) is 22.7 Å². The number of nitrogens with two attached hydrogens (primary N) is 1. The number of hydrogen-bond donors (Lipinski definition) is 2. The summed E-state index contributed by atoms with van der Waals surface area (Å²) in [7, 11) is -8.04. The molecule has 0 atom stereocenters. The first-order chi connectivity index (χ1) is 9.70. The Labute approximate surface area is 126 Å². The highest BCUT2D eigenvalue weighted by Crippen LogP contribution is 2.23. The van der Waals surface area contributed by atoms with Crippen LogP contribution in [0.2, 0.25) is 5.02 Å². The van der Waals surface area contributed by atoms with Gasteiger partial charge in [0.1, 0.15) is 10.7 Å². The Hall–Kier alpha value is -1.39. The number of halogens is 1. The molecular formula is C11H11ClN2O5S2. The summed E-state index contributed by atoms with van der Waals surface area (Å²) in [6.07, 6.45) is 1.41. The maximum absolute atomic E-state index is 12.1. The highest BCUT2D eigenvalue weighted by Gasteiger charge is 2.20. The maximum Gasteiger partial charge on any atom is 0.241 e. The molecule has 0 saturated heterocycles. The van der Waals surface area contributed by atoms with Crippen LogP contribution < -0.4 is 9.86 Å². The van der Waals surface area contributed by atoms with Gasteiger partial charge in [0.15, 0.2) is 0 Å². The summed E-state index contributed by atoms with van der Waals surface area (Å²) in [6, 6.07) is 6.46. The highest BCUT2D eigenvalue weighted by molar-refractivity contribution is 7.90. The molecule has 0 fully saturated rings. The molecule has 3 N–H and O–H groups in total. The van der Waals surface area contributed by atoms with Crippen molar-refractivity contribution in [3.63, 3.8) is 0 Å². The number of nitrogens with one attached hydrogen (secondary N) is 1. The van der Waals surface area contributed by atoms with Gasteiger partial charge in [-0.3, -0.25) is 0 Å². The molecule has 0 bridgehead atoms. The third-order valence-corrected chi connectivity index (χ3v) is 5.33. The van der Waals surface area contributed by atoms with Crippen LogP contribution in [0.25, 0.3) is 0 Å². The van der Waals surface area contributed by atoms with Crippen LogP contribution in [0.1, 0.15) is 5.76 Å². The molecule has 0 saturated carbocycles. The normalized spacial score (nSPS) is 12.5. The molecule has 1 aromatic heterocycles. The van der Waals surface area contributed by atoms with Gasteiger partial charge in [-0.05, 0) is 30.3 Å². The average Bonchev–Trinajstić information content (AvgIpc) is 2.88. The van der Waals surface area contributed by atoms with Gasteiger partial charge < -0.3 is 4.42 Å². The topological polar surface area (TPSA) is 119 Å². The van der Waals surface area contributed by atoms with E-state index in [1.54, 1.807) is 12.1 Å². The second-order valence-electron chi connectivity index (χ2n) is 4.04. The molecule has 2 aromatic rings. The third kappa shape index (κ3) is 3.83. The van der Waals surface area contributed by atoms with E-state index >= 15 is 0 Å². The quantitative estimate of drug-likeness (QED) is 0.835. The molecular weight excluding hydrogens is 340 g/mol. The van der Waals surface area contributed by atoms with E-state index in [1.165, 1.54) is 12.3 Å². The average molecular weight is 351 g/mol. The number of furan rings is 1. The van der Waals surface area contributed by atoms with Crippen LogP contribution in [0.3, 0.4) is 0 Å². The van der Waals surface area contributed by atoms with Crippen LogP contribution in [-0.2, 0) is 26.6 Å². The monoisotopic (exact) mass is 350 g/mol. The van der Waals surface area contributed by atoms with Crippen LogP contribution in [0.4, 0.5) is 0 Å². The SMILES string of the molecule is NS(=O)(=O)c1cc(S(=O)(=O)NCc2ccco2)ccc1Cl. The van der Waals surface area contributed by atoms with Crippen molar-refractivity contribution in [2.24, 2.45) is 5.14 Å². The van der Waals surface area contributed by atoms with Crippen molar-refractivity contribution in [1.82, 2.24) is 4.72 Å².